The molecule has 51 heavy (non-hydrogen) atoms. The van der Waals surface area contributed by atoms with Crippen LogP contribution < -0.4 is 5.73 Å². The van der Waals surface area contributed by atoms with Gasteiger partial charge < -0.3 is 14.9 Å². The first-order valence-electron chi connectivity index (χ1n) is 17.1. The first-order chi connectivity index (χ1) is 25.1. The van der Waals surface area contributed by atoms with E-state index in [1.165, 1.54) is 21.5 Å². The van der Waals surface area contributed by atoms with Crippen LogP contribution >= 0.6 is 0 Å². The maximum atomic E-state index is 6.68. The number of nitrogens with two attached hydrogens (primary N) is 1. The van der Waals surface area contributed by atoms with E-state index in [9.17, 15) is 0 Å². The summed E-state index contributed by atoms with van der Waals surface area (Å²) in [7, 11) is 0. The topological polar surface area (TPSA) is 48.2 Å². The molecule has 0 fully saturated rings. The van der Waals surface area contributed by atoms with E-state index < -0.39 is 0 Å². The van der Waals surface area contributed by atoms with Gasteiger partial charge in [0, 0.05) is 49.7 Å². The molecule has 0 bridgehead atoms. The number of rotatable bonds is 7. The van der Waals surface area contributed by atoms with Crippen molar-refractivity contribution in [2.75, 3.05) is 0 Å². The molecule has 4 heteroatoms. The van der Waals surface area contributed by atoms with Crippen LogP contribution in [0.2, 0.25) is 0 Å². The highest BCUT2D eigenvalue weighted by atomic mass is 15.0. The molecule has 0 saturated carbocycles. The largest absolute Gasteiger partial charge is 0.398 e. The second-order valence-electron chi connectivity index (χ2n) is 12.8. The fraction of sp³-hybridized carbons (Fsp3) is 0. The summed E-state index contributed by atoms with van der Waals surface area (Å²) in [5.41, 5.74) is 18.1. The summed E-state index contributed by atoms with van der Waals surface area (Å²) in [6.45, 7) is 4.59. The van der Waals surface area contributed by atoms with E-state index in [1.807, 2.05) is 54.6 Å². The monoisotopic (exact) mass is 654 g/mol. The van der Waals surface area contributed by atoms with Gasteiger partial charge in [-0.1, -0.05) is 140 Å². The van der Waals surface area contributed by atoms with Crippen molar-refractivity contribution < 1.29 is 0 Å². The van der Waals surface area contributed by atoms with Gasteiger partial charge in [0.1, 0.15) is 0 Å². The second kappa shape index (κ2) is 12.5. The highest BCUT2D eigenvalue weighted by Gasteiger charge is 2.17. The standard InChI is InChI=1S/C47H34N4/c1-32(49-43(34-18-6-3-7-19-34)31-42(48)33-16-4-2-5-17-33)35-28-36(50-44-24-12-8-20-38(44)39-21-9-13-25-45(39)50)30-37(29-35)51-46-26-14-10-22-40(46)41-23-11-15-27-47(41)51/h2-31H,1,48H2/b42-31-,49-43?. The van der Waals surface area contributed by atoms with Gasteiger partial charge in [-0.25, -0.2) is 4.99 Å². The van der Waals surface area contributed by atoms with Gasteiger partial charge in [0.05, 0.1) is 33.5 Å². The molecule has 242 valence electrons. The molecule has 0 amide bonds. The van der Waals surface area contributed by atoms with Crippen LogP contribution in [0.3, 0.4) is 0 Å². The average molecular weight is 655 g/mol. The van der Waals surface area contributed by atoms with Crippen LogP contribution in [0.4, 0.5) is 0 Å². The normalized spacial score (nSPS) is 12.3. The van der Waals surface area contributed by atoms with Crippen LogP contribution in [0, 0.1) is 0 Å². The van der Waals surface area contributed by atoms with Crippen molar-refractivity contribution in [3.05, 3.63) is 205 Å². The quantitative estimate of drug-likeness (QED) is 0.171. The number of nitrogens with zero attached hydrogens (tertiary/aromatic N) is 3. The molecule has 9 rings (SSSR count). The van der Waals surface area contributed by atoms with E-state index in [2.05, 4.69) is 143 Å². The lowest BCUT2D eigenvalue weighted by Crippen LogP contribution is -2.05. The van der Waals surface area contributed by atoms with Crippen LogP contribution in [0.15, 0.2) is 194 Å². The summed E-state index contributed by atoms with van der Waals surface area (Å²) in [4.78, 5) is 5.22. The third kappa shape index (κ3) is 5.31. The predicted octanol–water partition coefficient (Wildman–Crippen LogP) is 11.3. The Labute approximate surface area is 296 Å². The van der Waals surface area contributed by atoms with Crippen molar-refractivity contribution >= 4 is 60.7 Å². The number of benzene rings is 7. The van der Waals surface area contributed by atoms with Crippen molar-refractivity contribution in [1.29, 1.82) is 0 Å². The number of fused-ring (bicyclic) bond motifs is 6. The fourth-order valence-electron chi connectivity index (χ4n) is 7.28. The zero-order valence-corrected chi connectivity index (χ0v) is 27.9. The van der Waals surface area contributed by atoms with Crippen LogP contribution in [0.25, 0.3) is 66.4 Å². The van der Waals surface area contributed by atoms with E-state index in [-0.39, 0.29) is 0 Å². The summed E-state index contributed by atoms with van der Waals surface area (Å²) >= 11 is 0. The number of aromatic nitrogens is 2. The van der Waals surface area contributed by atoms with Gasteiger partial charge in [0.2, 0.25) is 0 Å². The molecular weight excluding hydrogens is 621 g/mol. The van der Waals surface area contributed by atoms with Crippen LogP contribution in [0.5, 0.6) is 0 Å². The van der Waals surface area contributed by atoms with E-state index in [0.29, 0.717) is 11.4 Å². The third-order valence-electron chi connectivity index (χ3n) is 9.64. The Morgan fingerprint density at radius 2 is 0.824 bits per heavy atom. The maximum absolute atomic E-state index is 6.68. The van der Waals surface area contributed by atoms with Crippen molar-refractivity contribution in [1.82, 2.24) is 9.13 Å². The molecule has 0 spiro atoms. The molecule has 0 aliphatic rings. The predicted molar refractivity (Wildman–Crippen MR) is 216 cm³/mol. The zero-order valence-electron chi connectivity index (χ0n) is 27.9. The Morgan fingerprint density at radius 1 is 0.451 bits per heavy atom. The molecule has 4 nitrogen and oxygen atoms in total. The molecule has 9 aromatic rings. The Balaban J connectivity index is 1.31. The molecular formula is C47H34N4. The van der Waals surface area contributed by atoms with Crippen molar-refractivity contribution in [2.45, 2.75) is 0 Å². The Kier molecular flexibility index (Phi) is 7.41. The minimum absolute atomic E-state index is 0.635. The first kappa shape index (κ1) is 30.2. The third-order valence-corrected chi connectivity index (χ3v) is 9.64. The molecule has 2 N–H and O–H groups in total. The Morgan fingerprint density at radius 3 is 1.25 bits per heavy atom. The molecule has 0 unspecified atom stereocenters. The lowest BCUT2D eigenvalue weighted by Gasteiger charge is -2.16. The van der Waals surface area contributed by atoms with Crippen molar-refractivity contribution in [2.24, 2.45) is 10.7 Å². The van der Waals surface area contributed by atoms with E-state index in [1.54, 1.807) is 0 Å². The summed E-state index contributed by atoms with van der Waals surface area (Å²) < 4.78 is 4.71. The highest BCUT2D eigenvalue weighted by molar-refractivity contribution is 6.14. The Hall–Kier alpha value is -6.91. The van der Waals surface area contributed by atoms with E-state index in [4.69, 9.17) is 10.7 Å². The summed E-state index contributed by atoms with van der Waals surface area (Å²) in [6, 6.07) is 61.3. The number of hydrogen-bond acceptors (Lipinski definition) is 2. The number of allylic oxidation sites excluding steroid dienone is 1. The minimum Gasteiger partial charge on any atom is -0.398 e. The van der Waals surface area contributed by atoms with Crippen LogP contribution in [-0.4, -0.2) is 14.8 Å². The number of aliphatic imine (C=N–C) groups is 1. The minimum atomic E-state index is 0.635. The SMILES string of the molecule is C=C(N=C(/C=C(\N)c1ccccc1)c1ccccc1)c1cc(-n2c3ccccc3c3ccccc32)cc(-n2c3ccccc3c3ccccc32)c1. The first-order valence-corrected chi connectivity index (χ1v) is 17.1. The van der Waals surface area contributed by atoms with E-state index in [0.717, 1.165) is 55.8 Å². The second-order valence-corrected chi connectivity index (χ2v) is 12.8. The lowest BCUT2D eigenvalue weighted by atomic mass is 10.1. The molecule has 0 saturated heterocycles. The smallest absolute Gasteiger partial charge is 0.0729 e. The van der Waals surface area contributed by atoms with Crippen molar-refractivity contribution in [3.8, 4) is 11.4 Å². The summed E-state index contributed by atoms with van der Waals surface area (Å²) in [6.07, 6.45) is 1.94. The molecule has 7 aromatic carbocycles. The molecule has 0 aliphatic carbocycles. The average Bonchev–Trinajstić information content (AvgIpc) is 3.71. The van der Waals surface area contributed by atoms with Gasteiger partial charge in [-0.05, 0) is 54.1 Å². The molecule has 2 aromatic heterocycles. The van der Waals surface area contributed by atoms with Gasteiger partial charge in [-0.3, -0.25) is 0 Å². The van der Waals surface area contributed by atoms with E-state index >= 15 is 0 Å². The van der Waals surface area contributed by atoms with Crippen molar-refractivity contribution in [3.63, 3.8) is 0 Å². The number of hydrogen-bond donors (Lipinski definition) is 1. The summed E-state index contributed by atoms with van der Waals surface area (Å²) in [5.74, 6) is 0. The zero-order chi connectivity index (χ0) is 34.3. The van der Waals surface area contributed by atoms with Gasteiger partial charge in [0.25, 0.3) is 0 Å². The molecule has 2 heterocycles. The lowest BCUT2D eigenvalue weighted by molar-refractivity contribution is 1.13. The van der Waals surface area contributed by atoms with Crippen LogP contribution in [0.1, 0.15) is 16.7 Å². The molecule has 0 radical (unpaired) electrons. The Bertz CT molecular complexity index is 2580. The number of para-hydroxylation sites is 4. The van der Waals surface area contributed by atoms with Gasteiger partial charge >= 0.3 is 0 Å². The highest BCUT2D eigenvalue weighted by Crippen LogP contribution is 2.37. The molecule has 0 aliphatic heterocycles. The fourth-order valence-corrected chi connectivity index (χ4v) is 7.28. The maximum Gasteiger partial charge on any atom is 0.0729 e. The van der Waals surface area contributed by atoms with Gasteiger partial charge in [-0.15, -0.1) is 0 Å². The van der Waals surface area contributed by atoms with Gasteiger partial charge in [-0.2, -0.15) is 0 Å². The molecule has 0 atom stereocenters. The van der Waals surface area contributed by atoms with Gasteiger partial charge in [0.15, 0.2) is 0 Å². The summed E-state index contributed by atoms with van der Waals surface area (Å²) in [5, 5.41) is 4.84. The van der Waals surface area contributed by atoms with Crippen LogP contribution in [-0.2, 0) is 0 Å².